The fraction of sp³-hybridized carbons (Fsp3) is 0.400. The van der Waals surface area contributed by atoms with E-state index in [2.05, 4.69) is 73.1 Å². The Hall–Kier alpha value is -10.4. The van der Waals surface area contributed by atoms with Gasteiger partial charge in [0.25, 0.3) is 0 Å². The molecule has 0 unspecified atom stereocenters. The zero-order valence-corrected chi connectivity index (χ0v) is 52.8. The summed E-state index contributed by atoms with van der Waals surface area (Å²) < 4.78 is 0. The maximum absolute atomic E-state index is 14.9. The molecule has 1 aliphatic heterocycles. The first kappa shape index (κ1) is 72.7. The second kappa shape index (κ2) is 36.6. The van der Waals surface area contributed by atoms with Gasteiger partial charge < -0.3 is 96.3 Å². The number of aliphatic carboxylic acids is 1. The number of carbonyl (C=O) groups excluding carboxylic acids is 11. The van der Waals surface area contributed by atoms with E-state index in [1.807, 2.05) is 0 Å². The fourth-order valence-corrected chi connectivity index (χ4v) is 12.2. The van der Waals surface area contributed by atoms with Crippen LogP contribution in [0.1, 0.15) is 67.8 Å². The van der Waals surface area contributed by atoms with Gasteiger partial charge in [-0.1, -0.05) is 82.3 Å². The van der Waals surface area contributed by atoms with Gasteiger partial charge in [0.05, 0.1) is 6.33 Å². The zero-order valence-electron chi connectivity index (χ0n) is 51.1. The topological polar surface area (TPSA) is 527 Å². The molecule has 0 aliphatic carbocycles. The molecule has 0 radical (unpaired) electrons. The number of fused-ring (bicyclic) bond motifs is 1. The maximum atomic E-state index is 14.9. The number of urea groups is 1. The van der Waals surface area contributed by atoms with Crippen LogP contribution in [0.25, 0.3) is 10.9 Å². The molecule has 12 amide bonds. The Labute approximate surface area is 546 Å². The number of aromatic amines is 2. The highest BCUT2D eigenvalue weighted by Crippen LogP contribution is 2.25. The van der Waals surface area contributed by atoms with Gasteiger partial charge >= 0.3 is 12.0 Å². The highest BCUT2D eigenvalue weighted by Gasteiger charge is 2.37. The van der Waals surface area contributed by atoms with Gasteiger partial charge in [-0.2, -0.15) is 0 Å². The summed E-state index contributed by atoms with van der Waals surface area (Å²) in [6, 6.07) is 6.57. The number of phenols is 1. The number of benzene rings is 3. The minimum atomic E-state index is -1.78. The molecule has 3 aromatic carbocycles. The third kappa shape index (κ3) is 24.0. The third-order valence-electron chi connectivity index (χ3n) is 14.6. The van der Waals surface area contributed by atoms with Crippen LogP contribution in [-0.2, 0) is 78.4 Å². The second-order valence-electron chi connectivity index (χ2n) is 21.9. The van der Waals surface area contributed by atoms with E-state index in [1.54, 1.807) is 60.8 Å². The summed E-state index contributed by atoms with van der Waals surface area (Å²) in [7, 11) is 1.75. The minimum absolute atomic E-state index is 0.000932. The van der Waals surface area contributed by atoms with Crippen LogP contribution in [0.2, 0.25) is 0 Å². The van der Waals surface area contributed by atoms with Crippen LogP contribution in [0.5, 0.6) is 5.75 Å². The first-order valence-electron chi connectivity index (χ1n) is 29.8. The van der Waals surface area contributed by atoms with Crippen molar-refractivity contribution in [2.24, 2.45) is 27.9 Å². The van der Waals surface area contributed by atoms with Gasteiger partial charge in [0.2, 0.25) is 59.1 Å². The standard InChI is InChI=1S/C60H78N18O14S2/c1-32(79)70-43(24-34-15-17-37(80)18-16-34)54(87)71-41(14-8-22-67-60(64)92)52(85)78-48-30-94-93-29-47(50(61)83)77-56(89)45(25-35-27-68-39-12-6-5-11-38(35)39)75-51(84)40(13-7-21-66-59(62)63)72-55(88)44(23-33-9-3-2-4-10-33)74-57(90)46(26-36-28-65-31-69-36)76-53(86)42(73-58(48)91)19-20-49(81)82/h2-6,9-12,15-18,27-28,31,40-48,68,80H,7-8,13-14,19-26,29-30H2,1H3,(H2,61,83)(H,65,69)(H,70,79)(H,71,87)(H,72,88)(H,73,91)(H,74,90)(H,75,84)(H,76,86)(H,77,89)(H,78,85)(H,81,82)(H4,62,63,66)(H3,64,67,92)/t40-,41-,42-,43-,44+,45-,46-,47-,48-/m0/s1. The lowest BCUT2D eigenvalue weighted by Crippen LogP contribution is -2.61. The normalized spacial score (nSPS) is 20.2. The number of nitrogens with one attached hydrogen (secondary N) is 12. The Morgan fingerprint density at radius 1 is 0.649 bits per heavy atom. The average molecular weight is 1340 g/mol. The Morgan fingerprint density at radius 2 is 1.26 bits per heavy atom. The molecule has 1 fully saturated rings. The van der Waals surface area contributed by atoms with Gasteiger partial charge in [-0.25, -0.2) is 9.78 Å². The Bertz CT molecular complexity index is 3480. The van der Waals surface area contributed by atoms with Crippen LogP contribution in [0, 0.1) is 0 Å². The molecule has 1 aliphatic rings. The van der Waals surface area contributed by atoms with E-state index in [0.717, 1.165) is 28.5 Å². The number of H-pyrrole nitrogens is 2. The molecule has 0 bridgehead atoms. The summed E-state index contributed by atoms with van der Waals surface area (Å²) in [5.74, 6) is -11.9. The summed E-state index contributed by atoms with van der Waals surface area (Å²) in [5, 5.41) is 46.5. The van der Waals surface area contributed by atoms with Crippen molar-refractivity contribution in [3.8, 4) is 5.75 Å². The van der Waals surface area contributed by atoms with Crippen LogP contribution in [0.3, 0.4) is 0 Å². The number of imidazole rings is 1. The van der Waals surface area contributed by atoms with E-state index in [4.69, 9.17) is 22.9 Å². The molecule has 3 heterocycles. The summed E-state index contributed by atoms with van der Waals surface area (Å²) >= 11 is 0. The van der Waals surface area contributed by atoms with E-state index in [1.165, 1.54) is 36.8 Å². The lowest BCUT2D eigenvalue weighted by molar-refractivity contribution is -0.138. The fourth-order valence-electron chi connectivity index (χ4n) is 9.82. The Kier molecular flexibility index (Phi) is 28.3. The number of aliphatic imine (C=N–C) groups is 1. The van der Waals surface area contributed by atoms with Crippen LogP contribution in [-0.4, -0.2) is 181 Å². The van der Waals surface area contributed by atoms with Crippen molar-refractivity contribution in [1.29, 1.82) is 0 Å². The van der Waals surface area contributed by atoms with E-state index < -0.39 is 144 Å². The molecule has 504 valence electrons. The van der Waals surface area contributed by atoms with Gasteiger partial charge in [0.15, 0.2) is 5.96 Å². The molecule has 94 heavy (non-hydrogen) atoms. The summed E-state index contributed by atoms with van der Waals surface area (Å²) in [6.07, 6.45) is 1.88. The van der Waals surface area contributed by atoms with Crippen LogP contribution >= 0.6 is 21.6 Å². The predicted molar refractivity (Wildman–Crippen MR) is 347 cm³/mol. The number of carbonyl (C=O) groups is 12. The number of nitrogens with zero attached hydrogens (tertiary/aromatic N) is 2. The Balaban J connectivity index is 1.42. The molecule has 0 saturated carbocycles. The van der Waals surface area contributed by atoms with Gasteiger partial charge in [0, 0.05) is 92.6 Å². The van der Waals surface area contributed by atoms with Gasteiger partial charge in [-0.05, 0) is 67.0 Å². The van der Waals surface area contributed by atoms with E-state index in [9.17, 15) is 67.7 Å². The lowest BCUT2D eigenvalue weighted by atomic mass is 10.0. The van der Waals surface area contributed by atoms with Crippen molar-refractivity contribution in [1.82, 2.24) is 68.1 Å². The minimum Gasteiger partial charge on any atom is -0.508 e. The number of phenolic OH excluding ortho intramolecular Hbond substituents is 1. The van der Waals surface area contributed by atoms with E-state index in [-0.39, 0.29) is 81.9 Å². The number of amides is 12. The first-order valence-corrected chi connectivity index (χ1v) is 32.3. The van der Waals surface area contributed by atoms with E-state index in [0.29, 0.717) is 33.3 Å². The van der Waals surface area contributed by atoms with Gasteiger partial charge in [0.1, 0.15) is 60.1 Å². The summed E-state index contributed by atoms with van der Waals surface area (Å²) in [4.78, 5) is 181. The number of carboxylic acids is 1. The quantitative estimate of drug-likeness (QED) is 0.0124. The number of guanidine groups is 1. The first-order chi connectivity index (χ1) is 44.9. The number of hydrogen-bond acceptors (Lipinski definition) is 17. The number of hydrogen-bond donors (Lipinski definition) is 18. The van der Waals surface area contributed by atoms with Crippen LogP contribution in [0.15, 0.2) is 103 Å². The number of aromatic hydroxyl groups is 1. The SMILES string of the molecule is CC(=O)N[C@@H](Cc1ccc(O)cc1)C(=O)N[C@@H](CCCNC(N)=O)C(=O)N[C@H]1CSSC[C@@H](C(N)=O)NC(=O)[C@H](Cc2c[nH]c3ccccc23)NC(=O)[C@H](CCCN=C(N)N)NC(=O)[C@@H](Cc2ccccc2)NC(=O)[C@H](Cc2cnc[nH]2)NC(=O)[C@H](CCC(=O)O)NC1=O. The molecular weight excluding hydrogens is 1260 g/mol. The number of nitrogens with two attached hydrogens (primary N) is 4. The molecule has 22 N–H and O–H groups in total. The molecule has 1 saturated heterocycles. The third-order valence-corrected chi connectivity index (χ3v) is 17.1. The number of para-hydroxylation sites is 1. The zero-order chi connectivity index (χ0) is 68.3. The average Bonchev–Trinajstić information content (AvgIpc) is 1.65. The van der Waals surface area contributed by atoms with Crippen LogP contribution < -0.4 is 76.1 Å². The van der Waals surface area contributed by atoms with Gasteiger partial charge in [-0.3, -0.25) is 57.7 Å². The molecule has 5 aromatic rings. The Morgan fingerprint density at radius 3 is 1.89 bits per heavy atom. The molecule has 32 nitrogen and oxygen atoms in total. The van der Waals surface area contributed by atoms with Crippen LogP contribution in [0.4, 0.5) is 4.79 Å². The molecule has 6 rings (SSSR count). The number of primary amides is 2. The van der Waals surface area contributed by atoms with Crippen molar-refractivity contribution < 1.29 is 67.7 Å². The van der Waals surface area contributed by atoms with Crippen molar-refractivity contribution in [3.05, 3.63) is 120 Å². The predicted octanol–water partition coefficient (Wildman–Crippen LogP) is -2.50. The second-order valence-corrected chi connectivity index (χ2v) is 24.5. The largest absolute Gasteiger partial charge is 0.508 e. The lowest BCUT2D eigenvalue weighted by Gasteiger charge is -2.28. The highest BCUT2D eigenvalue weighted by molar-refractivity contribution is 8.76. The smallest absolute Gasteiger partial charge is 0.312 e. The molecule has 34 heteroatoms. The number of rotatable bonds is 25. The van der Waals surface area contributed by atoms with Crippen molar-refractivity contribution in [3.63, 3.8) is 0 Å². The van der Waals surface area contributed by atoms with Crippen molar-refractivity contribution >= 4 is 110 Å². The van der Waals surface area contributed by atoms with Crippen molar-refractivity contribution in [2.45, 2.75) is 126 Å². The summed E-state index contributed by atoms with van der Waals surface area (Å²) in [5.41, 5.74) is 25.0. The van der Waals surface area contributed by atoms with Gasteiger partial charge in [-0.15, -0.1) is 0 Å². The molecule has 9 atom stereocenters. The number of aromatic nitrogens is 3. The molecule has 2 aromatic heterocycles. The monoisotopic (exact) mass is 1340 g/mol. The van der Waals surface area contributed by atoms with Crippen molar-refractivity contribution in [2.75, 3.05) is 24.6 Å². The highest BCUT2D eigenvalue weighted by atomic mass is 33.1. The molecule has 0 spiro atoms. The van der Waals surface area contributed by atoms with E-state index >= 15 is 0 Å². The molecular formula is C60H78N18O14S2. The summed E-state index contributed by atoms with van der Waals surface area (Å²) in [6.45, 7) is 1.07. The maximum Gasteiger partial charge on any atom is 0.312 e. The number of carboxylic acid groups (broad SMARTS) is 1.